The molecule has 1 aliphatic heterocycles. The van der Waals surface area contributed by atoms with Crippen molar-refractivity contribution in [3.05, 3.63) is 23.3 Å². The Kier molecular flexibility index (Phi) is 4.12. The fraction of sp³-hybridized carbons (Fsp3) is 0.429. The highest BCUT2D eigenvalue weighted by atomic mass is 16.5. The number of hydrogen-bond acceptors (Lipinski definition) is 6. The number of esters is 2. The zero-order chi connectivity index (χ0) is 14.7. The molecule has 0 aromatic heterocycles. The second kappa shape index (κ2) is 5.81. The fourth-order valence-electron chi connectivity index (χ4n) is 2.25. The predicted octanol–water partition coefficient (Wildman–Crippen LogP) is 1.44. The van der Waals surface area contributed by atoms with Crippen molar-refractivity contribution in [1.29, 1.82) is 0 Å². The van der Waals surface area contributed by atoms with E-state index in [1.165, 1.54) is 20.3 Å². The van der Waals surface area contributed by atoms with Gasteiger partial charge in [-0.25, -0.2) is 4.79 Å². The number of benzene rings is 1. The maximum Gasteiger partial charge on any atom is 0.342 e. The molecule has 0 saturated carbocycles. The minimum Gasteiger partial charge on any atom is -0.504 e. The number of rotatable bonds is 4. The van der Waals surface area contributed by atoms with Crippen LogP contribution in [-0.4, -0.2) is 37.4 Å². The van der Waals surface area contributed by atoms with E-state index in [0.717, 1.165) is 5.56 Å². The molecule has 1 N–H and O–H groups in total. The summed E-state index contributed by atoms with van der Waals surface area (Å²) in [5.41, 5.74) is 0.993. The molecule has 6 nitrogen and oxygen atoms in total. The van der Waals surface area contributed by atoms with Crippen LogP contribution in [0.2, 0.25) is 0 Å². The highest BCUT2D eigenvalue weighted by Crippen LogP contribution is 2.36. The second-order valence-electron chi connectivity index (χ2n) is 4.50. The highest BCUT2D eigenvalue weighted by molar-refractivity contribution is 5.96. The molecule has 1 heterocycles. The normalized spacial score (nSPS) is 17.1. The Morgan fingerprint density at radius 1 is 1.45 bits per heavy atom. The van der Waals surface area contributed by atoms with Gasteiger partial charge >= 0.3 is 11.9 Å². The third-order valence-electron chi connectivity index (χ3n) is 3.25. The van der Waals surface area contributed by atoms with E-state index in [1.807, 2.05) is 0 Å². The van der Waals surface area contributed by atoms with Gasteiger partial charge in [-0.2, -0.15) is 0 Å². The summed E-state index contributed by atoms with van der Waals surface area (Å²) in [6, 6.07) is 3.15. The summed E-state index contributed by atoms with van der Waals surface area (Å²) in [6.07, 6.45) is 0.706. The summed E-state index contributed by atoms with van der Waals surface area (Å²) in [7, 11) is 2.70. The van der Waals surface area contributed by atoms with Crippen LogP contribution in [0, 0.1) is 0 Å². The zero-order valence-electron chi connectivity index (χ0n) is 11.3. The lowest BCUT2D eigenvalue weighted by Gasteiger charge is -2.25. The average molecular weight is 280 g/mol. The lowest BCUT2D eigenvalue weighted by Crippen LogP contribution is -2.28. The van der Waals surface area contributed by atoms with Crippen molar-refractivity contribution in [3.8, 4) is 11.5 Å². The Morgan fingerprint density at radius 3 is 2.85 bits per heavy atom. The molecule has 0 amide bonds. The average Bonchev–Trinajstić information content (AvgIpc) is 2.45. The lowest BCUT2D eigenvalue weighted by atomic mass is 9.95. The number of phenolic OH excluding ortho intramolecular Hbond substituents is 1. The van der Waals surface area contributed by atoms with Gasteiger partial charge in [0.25, 0.3) is 0 Å². The fourth-order valence-corrected chi connectivity index (χ4v) is 2.25. The van der Waals surface area contributed by atoms with Crippen LogP contribution in [0.1, 0.15) is 28.8 Å². The molecule has 0 spiro atoms. The molecule has 0 unspecified atom stereocenters. The molecule has 0 bridgehead atoms. The Morgan fingerprint density at radius 2 is 2.20 bits per heavy atom. The van der Waals surface area contributed by atoms with Gasteiger partial charge in [0.2, 0.25) is 0 Å². The SMILES string of the molecule is COC(=O)CC[C@@H]1Cc2ccc(O)c(OC)c2C(=O)O1. The Balaban J connectivity index is 2.18. The number of phenols is 1. The molecule has 0 aliphatic carbocycles. The van der Waals surface area contributed by atoms with Gasteiger partial charge in [0, 0.05) is 12.8 Å². The van der Waals surface area contributed by atoms with Crippen LogP contribution in [0.25, 0.3) is 0 Å². The number of carbonyl (C=O) groups is 2. The minimum absolute atomic E-state index is 0.101. The van der Waals surface area contributed by atoms with Crippen LogP contribution in [0.4, 0.5) is 0 Å². The largest absolute Gasteiger partial charge is 0.504 e. The summed E-state index contributed by atoms with van der Waals surface area (Å²) < 4.78 is 14.9. The van der Waals surface area contributed by atoms with E-state index >= 15 is 0 Å². The van der Waals surface area contributed by atoms with Crippen molar-refractivity contribution in [3.63, 3.8) is 0 Å². The van der Waals surface area contributed by atoms with Crippen LogP contribution in [0.5, 0.6) is 11.5 Å². The smallest absolute Gasteiger partial charge is 0.342 e. The Labute approximate surface area is 116 Å². The molecule has 1 aliphatic rings. The molecule has 1 atom stereocenters. The van der Waals surface area contributed by atoms with Gasteiger partial charge in [-0.1, -0.05) is 6.07 Å². The first-order valence-electron chi connectivity index (χ1n) is 6.23. The maximum atomic E-state index is 12.0. The van der Waals surface area contributed by atoms with E-state index in [0.29, 0.717) is 12.8 Å². The molecule has 108 valence electrons. The summed E-state index contributed by atoms with van der Waals surface area (Å²) >= 11 is 0. The quantitative estimate of drug-likeness (QED) is 0.840. The van der Waals surface area contributed by atoms with E-state index in [9.17, 15) is 14.7 Å². The summed E-state index contributed by atoms with van der Waals surface area (Å²) in [4.78, 5) is 23.1. The Hall–Kier alpha value is -2.24. The van der Waals surface area contributed by atoms with Crippen LogP contribution >= 0.6 is 0 Å². The van der Waals surface area contributed by atoms with Gasteiger partial charge in [-0.15, -0.1) is 0 Å². The molecule has 1 aromatic rings. The number of ether oxygens (including phenoxy) is 3. The minimum atomic E-state index is -0.547. The van der Waals surface area contributed by atoms with Gasteiger partial charge in [0.15, 0.2) is 11.5 Å². The number of carbonyl (C=O) groups excluding carboxylic acids is 2. The third kappa shape index (κ3) is 2.68. The standard InChI is InChI=1S/C14H16O6/c1-18-11(16)6-4-9-7-8-3-5-10(15)13(19-2)12(8)14(17)20-9/h3,5,9,15H,4,6-7H2,1-2H3/t9-/m1/s1. The van der Waals surface area contributed by atoms with Crippen molar-refractivity contribution in [2.45, 2.75) is 25.4 Å². The molecule has 6 heteroatoms. The number of hydrogen-bond donors (Lipinski definition) is 1. The Bertz CT molecular complexity index is 537. The van der Waals surface area contributed by atoms with Crippen molar-refractivity contribution < 1.29 is 28.9 Å². The third-order valence-corrected chi connectivity index (χ3v) is 3.25. The lowest BCUT2D eigenvalue weighted by molar-refractivity contribution is -0.141. The van der Waals surface area contributed by atoms with E-state index in [-0.39, 0.29) is 35.6 Å². The molecule has 0 radical (unpaired) electrons. The van der Waals surface area contributed by atoms with Crippen LogP contribution in [0.15, 0.2) is 12.1 Å². The van der Waals surface area contributed by atoms with Crippen LogP contribution in [-0.2, 0) is 20.7 Å². The topological polar surface area (TPSA) is 82.1 Å². The summed E-state index contributed by atoms with van der Waals surface area (Å²) in [5, 5.41) is 9.66. The molecule has 1 aromatic carbocycles. The maximum absolute atomic E-state index is 12.0. The second-order valence-corrected chi connectivity index (χ2v) is 4.50. The monoisotopic (exact) mass is 280 g/mol. The first-order chi connectivity index (χ1) is 9.56. The summed E-state index contributed by atoms with van der Waals surface area (Å²) in [6.45, 7) is 0. The highest BCUT2D eigenvalue weighted by Gasteiger charge is 2.31. The van der Waals surface area contributed by atoms with Gasteiger partial charge < -0.3 is 19.3 Å². The van der Waals surface area contributed by atoms with E-state index in [4.69, 9.17) is 9.47 Å². The first-order valence-corrected chi connectivity index (χ1v) is 6.23. The van der Waals surface area contributed by atoms with E-state index < -0.39 is 5.97 Å². The van der Waals surface area contributed by atoms with Gasteiger partial charge in [-0.3, -0.25) is 4.79 Å². The van der Waals surface area contributed by atoms with Crippen LogP contribution < -0.4 is 4.74 Å². The number of aromatic hydroxyl groups is 1. The number of cyclic esters (lactones) is 1. The van der Waals surface area contributed by atoms with Crippen molar-refractivity contribution in [2.75, 3.05) is 14.2 Å². The first kappa shape index (κ1) is 14.2. The van der Waals surface area contributed by atoms with Crippen molar-refractivity contribution >= 4 is 11.9 Å². The van der Waals surface area contributed by atoms with E-state index in [2.05, 4.69) is 4.74 Å². The number of fused-ring (bicyclic) bond motifs is 1. The molecule has 0 fully saturated rings. The van der Waals surface area contributed by atoms with Crippen molar-refractivity contribution in [2.24, 2.45) is 0 Å². The van der Waals surface area contributed by atoms with Gasteiger partial charge in [0.1, 0.15) is 11.7 Å². The number of methoxy groups -OCH3 is 2. The molecule has 2 rings (SSSR count). The molecular formula is C14H16O6. The molecule has 0 saturated heterocycles. The van der Waals surface area contributed by atoms with Gasteiger partial charge in [-0.05, 0) is 18.1 Å². The molecule has 20 heavy (non-hydrogen) atoms. The summed E-state index contributed by atoms with van der Waals surface area (Å²) in [5.74, 6) is -0.862. The van der Waals surface area contributed by atoms with Gasteiger partial charge in [0.05, 0.1) is 14.2 Å². The van der Waals surface area contributed by atoms with Crippen LogP contribution in [0.3, 0.4) is 0 Å². The van der Waals surface area contributed by atoms with E-state index in [1.54, 1.807) is 6.07 Å². The molecular weight excluding hydrogens is 264 g/mol. The zero-order valence-corrected chi connectivity index (χ0v) is 11.3. The predicted molar refractivity (Wildman–Crippen MR) is 68.8 cm³/mol. The van der Waals surface area contributed by atoms with Crippen molar-refractivity contribution in [1.82, 2.24) is 0 Å².